The van der Waals surface area contributed by atoms with Gasteiger partial charge in [0.2, 0.25) is 0 Å². The van der Waals surface area contributed by atoms with E-state index in [0.29, 0.717) is 6.42 Å². The summed E-state index contributed by atoms with van der Waals surface area (Å²) in [7, 11) is 0. The van der Waals surface area contributed by atoms with Crippen LogP contribution < -0.4 is 5.32 Å². The van der Waals surface area contributed by atoms with Gasteiger partial charge in [0, 0.05) is 16.8 Å². The third kappa shape index (κ3) is 4.06. The van der Waals surface area contributed by atoms with Gasteiger partial charge in [0.25, 0.3) is 0 Å². The Morgan fingerprint density at radius 2 is 2.16 bits per heavy atom. The third-order valence-corrected chi connectivity index (χ3v) is 3.65. The van der Waals surface area contributed by atoms with Gasteiger partial charge in [-0.25, -0.2) is 0 Å². The second-order valence-electron chi connectivity index (χ2n) is 4.46. The smallest absolute Gasteiger partial charge is 0.306 e. The largest absolute Gasteiger partial charge is 0.481 e. The Kier molecular flexibility index (Phi) is 4.52. The number of aliphatic carboxylic acids is 1. The van der Waals surface area contributed by atoms with Crippen LogP contribution in [0.5, 0.6) is 0 Å². The lowest BCUT2D eigenvalue weighted by Crippen LogP contribution is -2.12. The Hall–Kier alpha value is -1.88. The SMILES string of the molecule is CC(Cc1ccc(NCc2cncs2)cc1)C(=O)O. The van der Waals surface area contributed by atoms with Crippen LogP contribution in [0.2, 0.25) is 0 Å². The standard InChI is InChI=1S/C14H16N2O2S/c1-10(14(17)18)6-11-2-4-12(5-3-11)16-8-13-7-15-9-19-13/h2-5,7,9-10,16H,6,8H2,1H3,(H,17,18). The Bertz CT molecular complexity index is 523. The highest BCUT2D eigenvalue weighted by atomic mass is 32.1. The number of nitrogens with zero attached hydrogens (tertiary/aromatic N) is 1. The van der Waals surface area contributed by atoms with Crippen molar-refractivity contribution in [2.75, 3.05) is 5.32 Å². The van der Waals surface area contributed by atoms with Gasteiger partial charge in [-0.2, -0.15) is 0 Å². The number of hydrogen-bond acceptors (Lipinski definition) is 4. The van der Waals surface area contributed by atoms with Crippen molar-refractivity contribution in [2.24, 2.45) is 5.92 Å². The average Bonchev–Trinajstić information content (AvgIpc) is 2.91. The number of carboxylic acid groups (broad SMARTS) is 1. The zero-order valence-electron chi connectivity index (χ0n) is 10.7. The van der Waals surface area contributed by atoms with Gasteiger partial charge in [0.1, 0.15) is 0 Å². The van der Waals surface area contributed by atoms with E-state index in [9.17, 15) is 4.79 Å². The number of hydrogen-bond donors (Lipinski definition) is 2. The van der Waals surface area contributed by atoms with Crippen LogP contribution >= 0.6 is 11.3 Å². The highest BCUT2D eigenvalue weighted by Gasteiger charge is 2.11. The molecule has 19 heavy (non-hydrogen) atoms. The maximum absolute atomic E-state index is 10.8. The fourth-order valence-electron chi connectivity index (χ4n) is 1.72. The molecule has 100 valence electrons. The van der Waals surface area contributed by atoms with E-state index in [-0.39, 0.29) is 5.92 Å². The summed E-state index contributed by atoms with van der Waals surface area (Å²) in [5.41, 5.74) is 3.88. The summed E-state index contributed by atoms with van der Waals surface area (Å²) in [5, 5.41) is 12.2. The molecular weight excluding hydrogens is 260 g/mol. The van der Waals surface area contributed by atoms with E-state index in [0.717, 1.165) is 17.8 Å². The lowest BCUT2D eigenvalue weighted by atomic mass is 10.0. The minimum absolute atomic E-state index is 0.351. The Morgan fingerprint density at radius 1 is 1.42 bits per heavy atom. The summed E-state index contributed by atoms with van der Waals surface area (Å²) in [6.07, 6.45) is 2.41. The van der Waals surface area contributed by atoms with Crippen molar-refractivity contribution >= 4 is 23.0 Å². The van der Waals surface area contributed by atoms with Crippen molar-refractivity contribution in [3.63, 3.8) is 0 Å². The fraction of sp³-hybridized carbons (Fsp3) is 0.286. The second kappa shape index (κ2) is 6.33. The first kappa shape index (κ1) is 13.5. The number of carboxylic acids is 1. The van der Waals surface area contributed by atoms with Gasteiger partial charge in [-0.15, -0.1) is 11.3 Å². The molecule has 1 atom stereocenters. The van der Waals surface area contributed by atoms with Gasteiger partial charge < -0.3 is 10.4 Å². The number of nitrogens with one attached hydrogen (secondary N) is 1. The molecule has 0 aliphatic carbocycles. The van der Waals surface area contributed by atoms with Gasteiger partial charge in [0.05, 0.1) is 18.0 Å². The number of aromatic nitrogens is 1. The molecule has 1 heterocycles. The Balaban J connectivity index is 1.89. The lowest BCUT2D eigenvalue weighted by molar-refractivity contribution is -0.141. The zero-order valence-corrected chi connectivity index (χ0v) is 11.5. The normalized spacial score (nSPS) is 12.1. The van der Waals surface area contributed by atoms with Crippen LogP contribution in [-0.4, -0.2) is 16.1 Å². The van der Waals surface area contributed by atoms with Crippen molar-refractivity contribution in [1.82, 2.24) is 4.98 Å². The molecule has 0 aliphatic rings. The van der Waals surface area contributed by atoms with E-state index >= 15 is 0 Å². The highest BCUT2D eigenvalue weighted by molar-refractivity contribution is 7.09. The molecular formula is C14H16N2O2S. The first-order chi connectivity index (χ1) is 9.15. The van der Waals surface area contributed by atoms with E-state index in [1.807, 2.05) is 36.0 Å². The van der Waals surface area contributed by atoms with Gasteiger partial charge in [0.15, 0.2) is 0 Å². The predicted octanol–water partition coefficient (Wildman–Crippen LogP) is 3.02. The summed E-state index contributed by atoms with van der Waals surface area (Å²) in [5.74, 6) is -1.11. The first-order valence-corrected chi connectivity index (χ1v) is 6.96. The predicted molar refractivity (Wildman–Crippen MR) is 76.4 cm³/mol. The molecule has 0 saturated carbocycles. The topological polar surface area (TPSA) is 62.2 Å². The van der Waals surface area contributed by atoms with Gasteiger partial charge in [-0.05, 0) is 24.1 Å². The molecule has 0 spiro atoms. The van der Waals surface area contributed by atoms with Crippen LogP contribution in [0.4, 0.5) is 5.69 Å². The molecule has 0 saturated heterocycles. The van der Waals surface area contributed by atoms with Crippen LogP contribution in [-0.2, 0) is 17.8 Å². The lowest BCUT2D eigenvalue weighted by Gasteiger charge is -2.08. The molecule has 2 N–H and O–H groups in total. The molecule has 4 nitrogen and oxygen atoms in total. The van der Waals surface area contributed by atoms with Crippen LogP contribution in [0, 0.1) is 5.92 Å². The van der Waals surface area contributed by atoms with E-state index in [1.54, 1.807) is 18.3 Å². The molecule has 1 aromatic heterocycles. The maximum Gasteiger partial charge on any atom is 0.306 e. The molecule has 1 aromatic carbocycles. The Labute approximate surface area is 116 Å². The van der Waals surface area contributed by atoms with Crippen LogP contribution in [0.15, 0.2) is 36.0 Å². The molecule has 0 bridgehead atoms. The maximum atomic E-state index is 10.8. The highest BCUT2D eigenvalue weighted by Crippen LogP contribution is 2.15. The zero-order chi connectivity index (χ0) is 13.7. The summed E-state index contributed by atoms with van der Waals surface area (Å²) in [6, 6.07) is 7.89. The van der Waals surface area contributed by atoms with E-state index in [4.69, 9.17) is 5.11 Å². The second-order valence-corrected chi connectivity index (χ2v) is 5.43. The molecule has 2 rings (SSSR count). The van der Waals surface area contributed by atoms with Gasteiger partial charge >= 0.3 is 5.97 Å². The fourth-order valence-corrected chi connectivity index (χ4v) is 2.25. The van der Waals surface area contributed by atoms with Crippen molar-refractivity contribution in [3.8, 4) is 0 Å². The van der Waals surface area contributed by atoms with E-state index in [2.05, 4.69) is 10.3 Å². The summed E-state index contributed by atoms with van der Waals surface area (Å²) in [4.78, 5) is 16.0. The summed E-state index contributed by atoms with van der Waals surface area (Å²) < 4.78 is 0. The van der Waals surface area contributed by atoms with Gasteiger partial charge in [-0.1, -0.05) is 19.1 Å². The summed E-state index contributed by atoms with van der Waals surface area (Å²) in [6.45, 7) is 2.48. The third-order valence-electron chi connectivity index (χ3n) is 2.87. The quantitative estimate of drug-likeness (QED) is 0.851. The van der Waals surface area contributed by atoms with Crippen LogP contribution in [0.25, 0.3) is 0 Å². The van der Waals surface area contributed by atoms with E-state index < -0.39 is 5.97 Å². The number of benzene rings is 1. The molecule has 0 radical (unpaired) electrons. The average molecular weight is 276 g/mol. The van der Waals surface area contributed by atoms with Crippen molar-refractivity contribution in [3.05, 3.63) is 46.4 Å². The molecule has 0 aliphatic heterocycles. The van der Waals surface area contributed by atoms with Crippen molar-refractivity contribution < 1.29 is 9.90 Å². The molecule has 0 fully saturated rings. The molecule has 0 amide bonds. The van der Waals surface area contributed by atoms with Crippen LogP contribution in [0.3, 0.4) is 0 Å². The number of thiazole rings is 1. The summed E-state index contributed by atoms with van der Waals surface area (Å²) >= 11 is 1.62. The molecule has 5 heteroatoms. The minimum Gasteiger partial charge on any atom is -0.481 e. The van der Waals surface area contributed by atoms with Gasteiger partial charge in [-0.3, -0.25) is 9.78 Å². The number of carbonyl (C=O) groups is 1. The van der Waals surface area contributed by atoms with Crippen molar-refractivity contribution in [2.45, 2.75) is 19.9 Å². The number of anilines is 1. The Morgan fingerprint density at radius 3 is 2.74 bits per heavy atom. The molecule has 2 aromatic rings. The monoisotopic (exact) mass is 276 g/mol. The van der Waals surface area contributed by atoms with E-state index in [1.165, 1.54) is 4.88 Å². The molecule has 1 unspecified atom stereocenters. The van der Waals surface area contributed by atoms with Crippen LogP contribution in [0.1, 0.15) is 17.4 Å². The minimum atomic E-state index is -0.757. The van der Waals surface area contributed by atoms with Crippen molar-refractivity contribution in [1.29, 1.82) is 0 Å². The number of rotatable bonds is 6. The first-order valence-electron chi connectivity index (χ1n) is 6.08.